The molecule has 0 aliphatic rings. The summed E-state index contributed by atoms with van der Waals surface area (Å²) in [6, 6.07) is 8.13. The number of hydrogen-bond acceptors (Lipinski definition) is 5. The molecule has 0 atom stereocenters. The maximum Gasteiger partial charge on any atom is 0.323 e. The Kier molecular flexibility index (Phi) is 3.96. The van der Waals surface area contributed by atoms with Crippen molar-refractivity contribution in [2.24, 2.45) is 0 Å². The van der Waals surface area contributed by atoms with E-state index >= 15 is 0 Å². The first-order chi connectivity index (χ1) is 8.97. The fraction of sp³-hybridized carbons (Fsp3) is 0.0833. The number of ketones is 1. The number of rotatable bonds is 4. The molecule has 0 radical (unpaired) electrons. The molecule has 0 aliphatic heterocycles. The lowest BCUT2D eigenvalue weighted by atomic mass is 10.3. The van der Waals surface area contributed by atoms with Crippen molar-refractivity contribution in [3.05, 3.63) is 49.8 Å². The third-order valence-corrected chi connectivity index (χ3v) is 3.88. The number of benzene rings is 1. The highest BCUT2D eigenvalue weighted by molar-refractivity contribution is 9.10. The van der Waals surface area contributed by atoms with E-state index in [0.717, 1.165) is 15.8 Å². The molecule has 19 heavy (non-hydrogen) atoms. The van der Waals surface area contributed by atoms with Gasteiger partial charge in [-0.25, -0.2) is 0 Å². The van der Waals surface area contributed by atoms with Gasteiger partial charge in [-0.05, 0) is 31.2 Å². The van der Waals surface area contributed by atoms with Gasteiger partial charge in [0.25, 0.3) is 5.06 Å². The van der Waals surface area contributed by atoms with Crippen LogP contribution in [0.2, 0.25) is 0 Å². The van der Waals surface area contributed by atoms with E-state index in [-0.39, 0.29) is 16.5 Å². The number of nitrogens with zero attached hydrogens (tertiary/aromatic N) is 1. The van der Waals surface area contributed by atoms with Crippen molar-refractivity contribution in [1.82, 2.24) is 0 Å². The fourth-order valence-electron chi connectivity index (χ4n) is 1.35. The van der Waals surface area contributed by atoms with E-state index in [1.54, 1.807) is 24.3 Å². The molecule has 0 saturated heterocycles. The van der Waals surface area contributed by atoms with Gasteiger partial charge in [0.05, 0.1) is 9.80 Å². The largest absolute Gasteiger partial charge is 0.440 e. The zero-order chi connectivity index (χ0) is 14.0. The first-order valence-corrected chi connectivity index (χ1v) is 6.81. The average molecular weight is 342 g/mol. The van der Waals surface area contributed by atoms with Crippen molar-refractivity contribution in [3.8, 4) is 10.8 Å². The first-order valence-electron chi connectivity index (χ1n) is 5.20. The van der Waals surface area contributed by atoms with Gasteiger partial charge < -0.3 is 4.74 Å². The second-order valence-electron chi connectivity index (χ2n) is 3.65. The lowest BCUT2D eigenvalue weighted by Gasteiger charge is -2.02. The van der Waals surface area contributed by atoms with Gasteiger partial charge in [0.1, 0.15) is 5.75 Å². The molecule has 2 rings (SSSR count). The molecule has 0 unspecified atom stereocenters. The van der Waals surface area contributed by atoms with Crippen molar-refractivity contribution in [3.63, 3.8) is 0 Å². The summed E-state index contributed by atoms with van der Waals surface area (Å²) in [6.45, 7) is 1.36. The molecule has 5 nitrogen and oxygen atoms in total. The Hall–Kier alpha value is -1.73. The van der Waals surface area contributed by atoms with Gasteiger partial charge in [-0.3, -0.25) is 14.9 Å². The predicted molar refractivity (Wildman–Crippen MR) is 75.2 cm³/mol. The van der Waals surface area contributed by atoms with Crippen molar-refractivity contribution in [2.45, 2.75) is 6.92 Å². The van der Waals surface area contributed by atoms with Crippen LogP contribution in [0.1, 0.15) is 16.6 Å². The maximum absolute atomic E-state index is 11.3. The van der Waals surface area contributed by atoms with E-state index in [1.807, 2.05) is 0 Å². The summed E-state index contributed by atoms with van der Waals surface area (Å²) in [4.78, 5) is 21.9. The number of carbonyl (C=O) groups is 1. The molecule has 0 N–H and O–H groups in total. The van der Waals surface area contributed by atoms with Crippen LogP contribution in [-0.2, 0) is 0 Å². The zero-order valence-electron chi connectivity index (χ0n) is 9.75. The maximum atomic E-state index is 11.3. The molecule has 0 aliphatic carbocycles. The molecule has 98 valence electrons. The Morgan fingerprint density at radius 3 is 2.53 bits per heavy atom. The predicted octanol–water partition coefficient (Wildman–Crippen LogP) is 4.41. The molecular weight excluding hydrogens is 334 g/mol. The standard InChI is InChI=1S/C12H8BrNO4S/c1-7(15)11-6-10(14(16)17)12(19-11)18-9-4-2-8(13)3-5-9/h2-6H,1H3. The number of halogens is 1. The minimum absolute atomic E-state index is 0.109. The van der Waals surface area contributed by atoms with Gasteiger partial charge in [0.15, 0.2) is 5.78 Å². The van der Waals surface area contributed by atoms with Crippen molar-refractivity contribution < 1.29 is 14.5 Å². The third kappa shape index (κ3) is 3.18. The molecule has 0 saturated carbocycles. The SMILES string of the molecule is CC(=O)c1cc([N+](=O)[O-])c(Oc2ccc(Br)cc2)s1. The molecule has 7 heteroatoms. The molecule has 0 bridgehead atoms. The van der Waals surface area contributed by atoms with Crippen LogP contribution in [0.3, 0.4) is 0 Å². The van der Waals surface area contributed by atoms with Crippen LogP contribution in [0.5, 0.6) is 10.8 Å². The Morgan fingerprint density at radius 1 is 1.37 bits per heavy atom. The van der Waals surface area contributed by atoms with Gasteiger partial charge in [-0.1, -0.05) is 27.3 Å². The highest BCUT2D eigenvalue weighted by Gasteiger charge is 2.22. The van der Waals surface area contributed by atoms with Crippen LogP contribution in [-0.4, -0.2) is 10.7 Å². The smallest absolute Gasteiger partial charge is 0.323 e. The van der Waals surface area contributed by atoms with E-state index in [2.05, 4.69) is 15.9 Å². The van der Waals surface area contributed by atoms with Crippen LogP contribution >= 0.6 is 27.3 Å². The van der Waals surface area contributed by atoms with E-state index in [9.17, 15) is 14.9 Å². The molecule has 0 amide bonds. The highest BCUT2D eigenvalue weighted by Crippen LogP contribution is 2.40. The number of Topliss-reactive ketones (excluding diaryl/α,β-unsaturated/α-hetero) is 1. The van der Waals surface area contributed by atoms with Crippen molar-refractivity contribution in [2.75, 3.05) is 0 Å². The minimum atomic E-state index is -0.558. The van der Waals surface area contributed by atoms with Crippen LogP contribution in [0, 0.1) is 10.1 Å². The van der Waals surface area contributed by atoms with E-state index in [1.165, 1.54) is 13.0 Å². The molecule has 2 aromatic rings. The summed E-state index contributed by atoms with van der Waals surface area (Å²) in [7, 11) is 0. The lowest BCUT2D eigenvalue weighted by Crippen LogP contribution is -1.89. The molecule has 1 aromatic carbocycles. The van der Waals surface area contributed by atoms with E-state index in [0.29, 0.717) is 10.6 Å². The van der Waals surface area contributed by atoms with Gasteiger partial charge in [-0.15, -0.1) is 0 Å². The van der Waals surface area contributed by atoms with Crippen LogP contribution in [0.15, 0.2) is 34.8 Å². The summed E-state index contributed by atoms with van der Waals surface area (Å²) in [5, 5.41) is 11.0. The lowest BCUT2D eigenvalue weighted by molar-refractivity contribution is -0.385. The Labute approximate surface area is 121 Å². The molecule has 1 heterocycles. The Morgan fingerprint density at radius 2 is 2.00 bits per heavy atom. The van der Waals surface area contributed by atoms with Crippen molar-refractivity contribution >= 4 is 38.7 Å². The number of ether oxygens (including phenoxy) is 1. The highest BCUT2D eigenvalue weighted by atomic mass is 79.9. The number of thiophene rings is 1. The minimum Gasteiger partial charge on any atom is -0.440 e. The normalized spacial score (nSPS) is 10.2. The summed E-state index contributed by atoms with van der Waals surface area (Å²) in [6.07, 6.45) is 0. The molecule has 1 aromatic heterocycles. The first kappa shape index (κ1) is 13.7. The van der Waals surface area contributed by atoms with Gasteiger partial charge in [0, 0.05) is 10.5 Å². The summed E-state index contributed by atoms with van der Waals surface area (Å²) >= 11 is 4.26. The summed E-state index contributed by atoms with van der Waals surface area (Å²) in [5.41, 5.74) is -0.196. The quantitative estimate of drug-likeness (QED) is 0.469. The topological polar surface area (TPSA) is 69.4 Å². The van der Waals surface area contributed by atoms with Crippen LogP contribution in [0.4, 0.5) is 5.69 Å². The zero-order valence-corrected chi connectivity index (χ0v) is 12.2. The van der Waals surface area contributed by atoms with E-state index < -0.39 is 4.92 Å². The van der Waals surface area contributed by atoms with Gasteiger partial charge >= 0.3 is 5.69 Å². The average Bonchev–Trinajstić information content (AvgIpc) is 2.76. The van der Waals surface area contributed by atoms with Crippen LogP contribution in [0.25, 0.3) is 0 Å². The number of carbonyl (C=O) groups excluding carboxylic acids is 1. The molecular formula is C12H8BrNO4S. The molecule has 0 spiro atoms. The van der Waals surface area contributed by atoms with Crippen LogP contribution < -0.4 is 4.74 Å². The second kappa shape index (κ2) is 5.50. The van der Waals surface area contributed by atoms with Gasteiger partial charge in [-0.2, -0.15) is 0 Å². The monoisotopic (exact) mass is 341 g/mol. The van der Waals surface area contributed by atoms with Crippen molar-refractivity contribution in [1.29, 1.82) is 0 Å². The number of hydrogen-bond donors (Lipinski definition) is 0. The summed E-state index contributed by atoms with van der Waals surface area (Å²) in [5.74, 6) is 0.252. The third-order valence-electron chi connectivity index (χ3n) is 2.25. The Bertz CT molecular complexity index is 636. The summed E-state index contributed by atoms with van der Waals surface area (Å²) < 4.78 is 6.34. The second-order valence-corrected chi connectivity index (χ2v) is 5.58. The number of nitro groups is 1. The Balaban J connectivity index is 2.35. The van der Waals surface area contributed by atoms with E-state index in [4.69, 9.17) is 4.74 Å². The fourth-order valence-corrected chi connectivity index (χ4v) is 2.50. The van der Waals surface area contributed by atoms with Gasteiger partial charge in [0.2, 0.25) is 0 Å². The molecule has 0 fully saturated rings.